The minimum Gasteiger partial charge on any atom is -0.491 e. The predicted octanol–water partition coefficient (Wildman–Crippen LogP) is 6.39. The first-order valence-corrected chi connectivity index (χ1v) is 9.47. The Morgan fingerprint density at radius 1 is 0.808 bits per heavy atom. The van der Waals surface area contributed by atoms with Gasteiger partial charge in [0.25, 0.3) is 0 Å². The Kier molecular flexibility index (Phi) is 4.66. The summed E-state index contributed by atoms with van der Waals surface area (Å²) in [6, 6.07) is 25.7. The largest absolute Gasteiger partial charge is 0.491 e. The summed E-state index contributed by atoms with van der Waals surface area (Å²) in [6.45, 7) is 5.98. The fourth-order valence-electron chi connectivity index (χ4n) is 3.73. The van der Waals surface area contributed by atoms with Crippen LogP contribution in [0.3, 0.4) is 0 Å². The Morgan fingerprint density at radius 3 is 2.04 bits per heavy atom. The van der Waals surface area contributed by atoms with Crippen molar-refractivity contribution in [2.45, 2.75) is 32.7 Å². The molecule has 4 aromatic rings. The highest BCUT2D eigenvalue weighted by Gasteiger charge is 2.11. The van der Waals surface area contributed by atoms with Crippen LogP contribution in [0.25, 0.3) is 21.8 Å². The Morgan fingerprint density at radius 2 is 1.38 bits per heavy atom. The molecule has 2 nitrogen and oxygen atoms in total. The number of para-hydroxylation sites is 3. The molecule has 0 radical (unpaired) electrons. The van der Waals surface area contributed by atoms with Gasteiger partial charge in [-0.2, -0.15) is 0 Å². The topological polar surface area (TPSA) is 14.2 Å². The van der Waals surface area contributed by atoms with Crippen LogP contribution in [-0.2, 0) is 6.54 Å². The van der Waals surface area contributed by atoms with E-state index in [1.807, 2.05) is 0 Å². The predicted molar refractivity (Wildman–Crippen MR) is 110 cm³/mol. The molecule has 0 spiro atoms. The molecular weight excluding hydrogens is 318 g/mol. The fraction of sp³-hybridized carbons (Fsp3) is 0.250. The van der Waals surface area contributed by atoms with Gasteiger partial charge in [0.05, 0.1) is 6.54 Å². The number of rotatable bonds is 6. The number of hydrogen-bond donors (Lipinski definition) is 0. The zero-order valence-electron chi connectivity index (χ0n) is 15.5. The highest BCUT2D eigenvalue weighted by Crippen LogP contribution is 2.30. The number of aromatic nitrogens is 1. The molecular formula is C24H25NO. The van der Waals surface area contributed by atoms with Crippen LogP contribution >= 0.6 is 0 Å². The van der Waals surface area contributed by atoms with Gasteiger partial charge >= 0.3 is 0 Å². The Labute approximate surface area is 155 Å². The quantitative estimate of drug-likeness (QED) is 0.396. The van der Waals surface area contributed by atoms with E-state index >= 15 is 0 Å². The molecule has 1 heterocycles. The molecule has 0 N–H and O–H groups in total. The molecule has 2 heteroatoms. The number of fused-ring (bicyclic) bond motifs is 3. The summed E-state index contributed by atoms with van der Waals surface area (Å²) in [6.07, 6.45) is 1.12. The van der Waals surface area contributed by atoms with E-state index in [-0.39, 0.29) is 0 Å². The molecule has 3 aromatic carbocycles. The monoisotopic (exact) mass is 343 g/mol. The standard InChI is InChI=1S/C24H25NO/c1-3-18(2)19-10-6-9-15-24(19)26-17-16-25-22-13-7-4-11-20(22)21-12-5-8-14-23(21)25/h4-15,18H,3,16-17H2,1-2H3/t18-/m0/s1. The summed E-state index contributed by atoms with van der Waals surface area (Å²) >= 11 is 0. The van der Waals surface area contributed by atoms with E-state index in [4.69, 9.17) is 4.74 Å². The van der Waals surface area contributed by atoms with Gasteiger partial charge in [-0.1, -0.05) is 68.4 Å². The zero-order valence-corrected chi connectivity index (χ0v) is 15.5. The molecule has 1 atom stereocenters. The van der Waals surface area contributed by atoms with Crippen molar-refractivity contribution in [3.05, 3.63) is 78.4 Å². The Balaban J connectivity index is 1.61. The average molecular weight is 343 g/mol. The Hall–Kier alpha value is -2.74. The summed E-state index contributed by atoms with van der Waals surface area (Å²) in [4.78, 5) is 0. The summed E-state index contributed by atoms with van der Waals surface area (Å²) < 4.78 is 8.58. The molecule has 0 bridgehead atoms. The number of hydrogen-bond acceptors (Lipinski definition) is 1. The lowest BCUT2D eigenvalue weighted by atomic mass is 9.98. The van der Waals surface area contributed by atoms with Crippen LogP contribution in [-0.4, -0.2) is 11.2 Å². The van der Waals surface area contributed by atoms with Crippen LogP contribution in [0.4, 0.5) is 0 Å². The third-order valence-electron chi connectivity index (χ3n) is 5.31. The summed E-state index contributed by atoms with van der Waals surface area (Å²) in [5, 5.41) is 2.62. The van der Waals surface area contributed by atoms with Crippen LogP contribution in [0.2, 0.25) is 0 Å². The fourth-order valence-corrected chi connectivity index (χ4v) is 3.73. The van der Waals surface area contributed by atoms with Crippen molar-refractivity contribution in [1.29, 1.82) is 0 Å². The summed E-state index contributed by atoms with van der Waals surface area (Å²) in [5.74, 6) is 1.53. The van der Waals surface area contributed by atoms with Crippen molar-refractivity contribution in [2.24, 2.45) is 0 Å². The smallest absolute Gasteiger partial charge is 0.122 e. The van der Waals surface area contributed by atoms with Gasteiger partial charge in [-0.05, 0) is 36.1 Å². The SMILES string of the molecule is CC[C@H](C)c1ccccc1OCCn1c2ccccc2c2ccccc21. The molecule has 0 aliphatic carbocycles. The van der Waals surface area contributed by atoms with E-state index < -0.39 is 0 Å². The first kappa shape index (κ1) is 16.7. The van der Waals surface area contributed by atoms with Crippen molar-refractivity contribution in [3.8, 4) is 5.75 Å². The van der Waals surface area contributed by atoms with Crippen molar-refractivity contribution < 1.29 is 4.74 Å². The van der Waals surface area contributed by atoms with Crippen molar-refractivity contribution in [3.63, 3.8) is 0 Å². The average Bonchev–Trinajstić information content (AvgIpc) is 3.02. The molecule has 0 unspecified atom stereocenters. The second kappa shape index (κ2) is 7.25. The van der Waals surface area contributed by atoms with E-state index in [2.05, 4.69) is 91.2 Å². The Bertz CT molecular complexity index is 977. The van der Waals surface area contributed by atoms with Crippen LogP contribution in [0.1, 0.15) is 31.7 Å². The zero-order chi connectivity index (χ0) is 17.9. The maximum atomic E-state index is 6.21. The molecule has 0 amide bonds. The lowest BCUT2D eigenvalue weighted by Crippen LogP contribution is -2.09. The van der Waals surface area contributed by atoms with Gasteiger partial charge in [-0.3, -0.25) is 0 Å². The molecule has 0 aliphatic rings. The highest BCUT2D eigenvalue weighted by molar-refractivity contribution is 6.07. The number of nitrogens with zero attached hydrogens (tertiary/aromatic N) is 1. The molecule has 0 saturated carbocycles. The number of ether oxygens (including phenoxy) is 1. The van der Waals surface area contributed by atoms with E-state index in [9.17, 15) is 0 Å². The van der Waals surface area contributed by atoms with Crippen molar-refractivity contribution in [2.75, 3.05) is 6.61 Å². The molecule has 1 aromatic heterocycles. The maximum absolute atomic E-state index is 6.21. The first-order valence-electron chi connectivity index (χ1n) is 9.47. The normalized spacial score (nSPS) is 12.5. The van der Waals surface area contributed by atoms with Crippen molar-refractivity contribution in [1.82, 2.24) is 4.57 Å². The lowest BCUT2D eigenvalue weighted by molar-refractivity contribution is 0.297. The second-order valence-electron chi connectivity index (χ2n) is 6.88. The minimum absolute atomic E-state index is 0.513. The van der Waals surface area contributed by atoms with Gasteiger partial charge in [0.1, 0.15) is 12.4 Å². The third-order valence-corrected chi connectivity index (χ3v) is 5.31. The lowest BCUT2D eigenvalue weighted by Gasteiger charge is -2.16. The highest BCUT2D eigenvalue weighted by atomic mass is 16.5. The van der Waals surface area contributed by atoms with Gasteiger partial charge < -0.3 is 9.30 Å². The molecule has 4 rings (SSSR count). The third kappa shape index (κ3) is 2.96. The molecule has 26 heavy (non-hydrogen) atoms. The molecule has 132 valence electrons. The van der Waals surface area contributed by atoms with Crippen LogP contribution in [0, 0.1) is 0 Å². The van der Waals surface area contributed by atoms with Crippen molar-refractivity contribution >= 4 is 21.8 Å². The van der Waals surface area contributed by atoms with Gasteiger partial charge in [-0.15, -0.1) is 0 Å². The van der Waals surface area contributed by atoms with Crippen LogP contribution in [0.15, 0.2) is 72.8 Å². The van der Waals surface area contributed by atoms with E-state index in [1.165, 1.54) is 27.4 Å². The van der Waals surface area contributed by atoms with Crippen LogP contribution < -0.4 is 4.74 Å². The summed E-state index contributed by atoms with van der Waals surface area (Å²) in [7, 11) is 0. The minimum atomic E-state index is 0.513. The van der Waals surface area contributed by atoms with E-state index in [0.29, 0.717) is 12.5 Å². The van der Waals surface area contributed by atoms with Gasteiger partial charge in [0.2, 0.25) is 0 Å². The van der Waals surface area contributed by atoms with Gasteiger partial charge in [0.15, 0.2) is 0 Å². The van der Waals surface area contributed by atoms with E-state index in [1.54, 1.807) is 0 Å². The van der Waals surface area contributed by atoms with E-state index in [0.717, 1.165) is 18.7 Å². The van der Waals surface area contributed by atoms with Gasteiger partial charge in [0, 0.05) is 21.8 Å². The second-order valence-corrected chi connectivity index (χ2v) is 6.88. The maximum Gasteiger partial charge on any atom is 0.122 e. The molecule has 0 aliphatic heterocycles. The number of benzene rings is 3. The molecule has 0 fully saturated rings. The first-order chi connectivity index (χ1) is 12.8. The van der Waals surface area contributed by atoms with Gasteiger partial charge in [-0.25, -0.2) is 0 Å². The van der Waals surface area contributed by atoms with Crippen LogP contribution in [0.5, 0.6) is 5.75 Å². The molecule has 0 saturated heterocycles. The summed E-state index contributed by atoms with van der Waals surface area (Å²) in [5.41, 5.74) is 3.84.